The molecule has 1 aromatic heterocycles. The van der Waals surface area contributed by atoms with Crippen molar-refractivity contribution in [2.24, 2.45) is 0 Å². The summed E-state index contributed by atoms with van der Waals surface area (Å²) in [6, 6.07) is 0. The summed E-state index contributed by atoms with van der Waals surface area (Å²) in [5.41, 5.74) is 6.34. The van der Waals surface area contributed by atoms with Gasteiger partial charge in [-0.05, 0) is 6.42 Å². The highest BCUT2D eigenvalue weighted by Gasteiger charge is 2.05. The Hall–Kier alpha value is -1.65. The molecule has 0 aromatic carbocycles. The number of aryl methyl sites for hydroxylation is 2. The second kappa shape index (κ2) is 4.55. The van der Waals surface area contributed by atoms with Gasteiger partial charge in [0.1, 0.15) is 11.6 Å². The average Bonchev–Trinajstić information content (AvgIpc) is 2.15. The summed E-state index contributed by atoms with van der Waals surface area (Å²) < 4.78 is 0. The second-order valence-corrected chi connectivity index (χ2v) is 2.94. The van der Waals surface area contributed by atoms with Crippen molar-refractivity contribution in [2.75, 3.05) is 5.73 Å². The predicted molar refractivity (Wildman–Crippen MR) is 51.8 cm³/mol. The fourth-order valence-electron chi connectivity index (χ4n) is 1.06. The zero-order valence-corrected chi connectivity index (χ0v) is 8.03. The number of aliphatic carboxylic acids is 1. The lowest BCUT2D eigenvalue weighted by atomic mass is 10.2. The van der Waals surface area contributed by atoms with Crippen molar-refractivity contribution >= 4 is 11.8 Å². The summed E-state index contributed by atoms with van der Waals surface area (Å²) >= 11 is 0. The molecule has 5 heteroatoms. The van der Waals surface area contributed by atoms with Crippen LogP contribution in [0.2, 0.25) is 0 Å². The second-order valence-electron chi connectivity index (χ2n) is 2.94. The number of carbonyl (C=O) groups is 1. The minimum atomic E-state index is -0.844. The van der Waals surface area contributed by atoms with E-state index < -0.39 is 5.97 Å². The van der Waals surface area contributed by atoms with Gasteiger partial charge in [0.05, 0.1) is 0 Å². The van der Waals surface area contributed by atoms with Crippen LogP contribution in [0.25, 0.3) is 0 Å². The molecule has 14 heavy (non-hydrogen) atoms. The molecule has 0 aliphatic rings. The number of hydrogen-bond donors (Lipinski definition) is 2. The standard InChI is InChI=1S/C9H13N3O2/c1-2-7-11-5-6(9(10)12-7)3-4-8(13)14/h5H,2-4H2,1H3,(H,13,14)(H2,10,11,12). The van der Waals surface area contributed by atoms with Crippen molar-refractivity contribution in [2.45, 2.75) is 26.2 Å². The first kappa shape index (κ1) is 10.4. The van der Waals surface area contributed by atoms with Gasteiger partial charge in [-0.3, -0.25) is 4.79 Å². The Bertz CT molecular complexity index is 339. The largest absolute Gasteiger partial charge is 0.481 e. The van der Waals surface area contributed by atoms with Crippen molar-refractivity contribution in [3.8, 4) is 0 Å². The van der Waals surface area contributed by atoms with Crippen molar-refractivity contribution in [3.63, 3.8) is 0 Å². The lowest BCUT2D eigenvalue weighted by molar-refractivity contribution is -0.136. The van der Waals surface area contributed by atoms with Crippen molar-refractivity contribution in [1.82, 2.24) is 9.97 Å². The van der Waals surface area contributed by atoms with Gasteiger partial charge in [0.2, 0.25) is 0 Å². The Kier molecular flexibility index (Phi) is 3.39. The third-order valence-electron chi connectivity index (χ3n) is 1.87. The number of rotatable bonds is 4. The topological polar surface area (TPSA) is 89.1 Å². The lowest BCUT2D eigenvalue weighted by Crippen LogP contribution is -2.05. The van der Waals surface area contributed by atoms with Crippen LogP contribution < -0.4 is 5.73 Å². The van der Waals surface area contributed by atoms with Gasteiger partial charge < -0.3 is 10.8 Å². The van der Waals surface area contributed by atoms with Crippen LogP contribution in [-0.2, 0) is 17.6 Å². The molecule has 1 aromatic rings. The van der Waals surface area contributed by atoms with Crippen LogP contribution in [0.15, 0.2) is 6.20 Å². The number of carboxylic acid groups (broad SMARTS) is 1. The van der Waals surface area contributed by atoms with Crippen molar-refractivity contribution < 1.29 is 9.90 Å². The first-order valence-corrected chi connectivity index (χ1v) is 4.45. The quantitative estimate of drug-likeness (QED) is 0.735. The highest BCUT2D eigenvalue weighted by Crippen LogP contribution is 2.10. The Labute approximate surface area is 82.0 Å². The summed E-state index contributed by atoms with van der Waals surface area (Å²) in [4.78, 5) is 18.4. The fraction of sp³-hybridized carbons (Fsp3) is 0.444. The van der Waals surface area contributed by atoms with E-state index in [2.05, 4.69) is 9.97 Å². The first-order chi connectivity index (χ1) is 6.63. The smallest absolute Gasteiger partial charge is 0.303 e. The summed E-state index contributed by atoms with van der Waals surface area (Å²) in [6.07, 6.45) is 2.76. The molecule has 76 valence electrons. The summed E-state index contributed by atoms with van der Waals surface area (Å²) in [6.45, 7) is 1.94. The summed E-state index contributed by atoms with van der Waals surface area (Å²) in [5, 5.41) is 8.48. The number of hydrogen-bond acceptors (Lipinski definition) is 4. The molecular formula is C9H13N3O2. The van der Waals surface area contributed by atoms with E-state index in [1.807, 2.05) is 6.92 Å². The Morgan fingerprint density at radius 3 is 2.86 bits per heavy atom. The van der Waals surface area contributed by atoms with Crippen LogP contribution in [0, 0.1) is 0 Å². The molecule has 0 unspecified atom stereocenters. The van der Waals surface area contributed by atoms with E-state index in [0.29, 0.717) is 23.6 Å². The maximum absolute atomic E-state index is 10.3. The molecule has 5 nitrogen and oxygen atoms in total. The number of anilines is 1. The Morgan fingerprint density at radius 1 is 1.64 bits per heavy atom. The van der Waals surface area contributed by atoms with Gasteiger partial charge in [-0.1, -0.05) is 6.92 Å². The number of nitrogen functional groups attached to an aromatic ring is 1. The van der Waals surface area contributed by atoms with Gasteiger partial charge in [0, 0.05) is 24.6 Å². The van der Waals surface area contributed by atoms with E-state index in [9.17, 15) is 4.79 Å². The molecule has 0 aliphatic carbocycles. The van der Waals surface area contributed by atoms with E-state index in [-0.39, 0.29) is 6.42 Å². The third kappa shape index (κ3) is 2.69. The maximum atomic E-state index is 10.3. The van der Waals surface area contributed by atoms with E-state index >= 15 is 0 Å². The van der Waals surface area contributed by atoms with E-state index in [0.717, 1.165) is 6.42 Å². The molecule has 0 spiro atoms. The van der Waals surface area contributed by atoms with E-state index in [4.69, 9.17) is 10.8 Å². The summed E-state index contributed by atoms with van der Waals surface area (Å²) in [5.74, 6) is 0.226. The highest BCUT2D eigenvalue weighted by molar-refractivity contribution is 5.67. The minimum Gasteiger partial charge on any atom is -0.481 e. The Morgan fingerprint density at radius 2 is 2.36 bits per heavy atom. The summed E-state index contributed by atoms with van der Waals surface area (Å²) in [7, 11) is 0. The van der Waals surface area contributed by atoms with Crippen LogP contribution in [-0.4, -0.2) is 21.0 Å². The molecule has 1 rings (SSSR count). The van der Waals surface area contributed by atoms with Crippen LogP contribution >= 0.6 is 0 Å². The molecule has 3 N–H and O–H groups in total. The predicted octanol–water partition coefficient (Wildman–Crippen LogP) is 0.638. The van der Waals surface area contributed by atoms with E-state index in [1.54, 1.807) is 6.20 Å². The molecule has 0 bridgehead atoms. The van der Waals surface area contributed by atoms with Crippen LogP contribution in [0.5, 0.6) is 0 Å². The molecular weight excluding hydrogens is 182 g/mol. The van der Waals surface area contributed by atoms with Gasteiger partial charge in [-0.25, -0.2) is 9.97 Å². The molecule has 0 saturated heterocycles. The monoisotopic (exact) mass is 195 g/mol. The molecule has 0 atom stereocenters. The molecule has 0 fully saturated rings. The highest BCUT2D eigenvalue weighted by atomic mass is 16.4. The third-order valence-corrected chi connectivity index (χ3v) is 1.87. The van der Waals surface area contributed by atoms with Gasteiger partial charge in [0.25, 0.3) is 0 Å². The zero-order valence-electron chi connectivity index (χ0n) is 8.03. The zero-order chi connectivity index (χ0) is 10.6. The Balaban J connectivity index is 2.73. The van der Waals surface area contributed by atoms with Gasteiger partial charge in [0.15, 0.2) is 0 Å². The van der Waals surface area contributed by atoms with Crippen LogP contribution in [0.1, 0.15) is 24.7 Å². The van der Waals surface area contributed by atoms with Gasteiger partial charge >= 0.3 is 5.97 Å². The normalized spacial score (nSPS) is 10.1. The van der Waals surface area contributed by atoms with Crippen LogP contribution in [0.3, 0.4) is 0 Å². The van der Waals surface area contributed by atoms with E-state index in [1.165, 1.54) is 0 Å². The molecule has 0 saturated carbocycles. The SMILES string of the molecule is CCc1ncc(CCC(=O)O)c(N)n1. The molecule has 0 amide bonds. The lowest BCUT2D eigenvalue weighted by Gasteiger charge is -2.03. The molecule has 0 aliphatic heterocycles. The van der Waals surface area contributed by atoms with Crippen molar-refractivity contribution in [1.29, 1.82) is 0 Å². The average molecular weight is 195 g/mol. The number of nitrogens with two attached hydrogens (primary N) is 1. The van der Waals surface area contributed by atoms with Gasteiger partial charge in [-0.15, -0.1) is 0 Å². The first-order valence-electron chi connectivity index (χ1n) is 4.45. The van der Waals surface area contributed by atoms with Crippen molar-refractivity contribution in [3.05, 3.63) is 17.6 Å². The maximum Gasteiger partial charge on any atom is 0.303 e. The number of nitrogens with zero attached hydrogens (tertiary/aromatic N) is 2. The minimum absolute atomic E-state index is 0.0546. The molecule has 1 heterocycles. The number of aromatic nitrogens is 2. The molecule has 0 radical (unpaired) electrons. The van der Waals surface area contributed by atoms with Gasteiger partial charge in [-0.2, -0.15) is 0 Å². The fourth-order valence-corrected chi connectivity index (χ4v) is 1.06. The number of carboxylic acids is 1. The van der Waals surface area contributed by atoms with Crippen LogP contribution in [0.4, 0.5) is 5.82 Å².